The summed E-state index contributed by atoms with van der Waals surface area (Å²) >= 11 is 0. The van der Waals surface area contributed by atoms with Gasteiger partial charge in [-0.2, -0.15) is 13.2 Å². The summed E-state index contributed by atoms with van der Waals surface area (Å²) in [5.74, 6) is 0.597. The molecule has 0 aromatic heterocycles. The summed E-state index contributed by atoms with van der Waals surface area (Å²) in [5.41, 5.74) is 5.36. The van der Waals surface area contributed by atoms with Crippen LogP contribution in [-0.2, 0) is 17.3 Å². The van der Waals surface area contributed by atoms with Crippen LogP contribution in [0.3, 0.4) is 0 Å². The zero-order chi connectivity index (χ0) is 13.9. The second-order valence-electron chi connectivity index (χ2n) is 4.42. The van der Waals surface area contributed by atoms with Crippen LogP contribution in [0.25, 0.3) is 0 Å². The molecule has 19 heavy (non-hydrogen) atoms. The highest BCUT2D eigenvalue weighted by atomic mass is 19.4. The normalized spacial score (nSPS) is 19.2. The molecule has 1 atom stereocenters. The van der Waals surface area contributed by atoms with E-state index >= 15 is 0 Å². The molecule has 0 saturated heterocycles. The monoisotopic (exact) mass is 272 g/mol. The van der Waals surface area contributed by atoms with Crippen molar-refractivity contribution in [1.82, 2.24) is 0 Å². The van der Waals surface area contributed by atoms with Crippen LogP contribution < -0.4 is 5.73 Å². The van der Waals surface area contributed by atoms with Crippen molar-refractivity contribution >= 4 is 5.90 Å². The van der Waals surface area contributed by atoms with Gasteiger partial charge in [-0.3, -0.25) is 4.99 Å². The van der Waals surface area contributed by atoms with E-state index in [1.807, 2.05) is 0 Å². The van der Waals surface area contributed by atoms with Gasteiger partial charge in [0.2, 0.25) is 0 Å². The highest BCUT2D eigenvalue weighted by Gasteiger charge is 2.30. The van der Waals surface area contributed by atoms with Gasteiger partial charge in [-0.1, -0.05) is 18.2 Å². The number of benzene rings is 1. The van der Waals surface area contributed by atoms with Crippen molar-refractivity contribution in [2.75, 3.05) is 13.1 Å². The second kappa shape index (κ2) is 5.61. The largest absolute Gasteiger partial charge is 0.475 e. The summed E-state index contributed by atoms with van der Waals surface area (Å²) in [4.78, 5) is 4.17. The maximum absolute atomic E-state index is 12.6. The Hall–Kier alpha value is -1.56. The van der Waals surface area contributed by atoms with Gasteiger partial charge in [0.25, 0.3) is 0 Å². The number of nitrogens with two attached hydrogens (primary N) is 1. The SMILES string of the molecule is NCCC1=NCC(Cc2cccc(C(F)(F)F)c2)O1. The van der Waals surface area contributed by atoms with Crippen LogP contribution in [0.4, 0.5) is 13.2 Å². The third-order valence-electron chi connectivity index (χ3n) is 2.85. The van der Waals surface area contributed by atoms with Gasteiger partial charge in [-0.15, -0.1) is 0 Å². The third kappa shape index (κ3) is 3.70. The van der Waals surface area contributed by atoms with Crippen LogP contribution >= 0.6 is 0 Å². The Morgan fingerprint density at radius 2 is 2.16 bits per heavy atom. The van der Waals surface area contributed by atoms with Crippen molar-refractivity contribution < 1.29 is 17.9 Å². The topological polar surface area (TPSA) is 47.6 Å². The molecule has 1 heterocycles. The first kappa shape index (κ1) is 13.9. The number of alkyl halides is 3. The Labute approximate surface area is 109 Å². The molecular formula is C13H15F3N2O. The molecule has 1 aromatic carbocycles. The molecule has 3 nitrogen and oxygen atoms in total. The number of hydrogen-bond acceptors (Lipinski definition) is 3. The van der Waals surface area contributed by atoms with Gasteiger partial charge in [0, 0.05) is 19.4 Å². The predicted octanol–water partition coefficient (Wildman–Crippen LogP) is 2.39. The van der Waals surface area contributed by atoms with E-state index in [2.05, 4.69) is 4.99 Å². The molecular weight excluding hydrogens is 257 g/mol. The van der Waals surface area contributed by atoms with E-state index < -0.39 is 11.7 Å². The van der Waals surface area contributed by atoms with Gasteiger partial charge < -0.3 is 10.5 Å². The highest BCUT2D eigenvalue weighted by molar-refractivity contribution is 5.77. The van der Waals surface area contributed by atoms with Crippen LogP contribution in [0.15, 0.2) is 29.3 Å². The molecule has 1 aromatic rings. The Morgan fingerprint density at radius 3 is 2.84 bits per heavy atom. The summed E-state index contributed by atoms with van der Waals surface area (Å²) in [7, 11) is 0. The van der Waals surface area contributed by atoms with E-state index in [9.17, 15) is 13.2 Å². The van der Waals surface area contributed by atoms with Crippen molar-refractivity contribution in [3.05, 3.63) is 35.4 Å². The molecule has 104 valence electrons. The Kier molecular flexibility index (Phi) is 4.09. The lowest BCUT2D eigenvalue weighted by Gasteiger charge is -2.13. The third-order valence-corrected chi connectivity index (χ3v) is 2.85. The highest BCUT2D eigenvalue weighted by Crippen LogP contribution is 2.30. The van der Waals surface area contributed by atoms with Crippen LogP contribution in [0.5, 0.6) is 0 Å². The van der Waals surface area contributed by atoms with Gasteiger partial charge in [-0.05, 0) is 11.6 Å². The summed E-state index contributed by atoms with van der Waals surface area (Å²) < 4.78 is 43.2. The molecule has 1 aliphatic heterocycles. The molecule has 1 aliphatic rings. The average molecular weight is 272 g/mol. The zero-order valence-electron chi connectivity index (χ0n) is 10.3. The van der Waals surface area contributed by atoms with Gasteiger partial charge in [0.05, 0.1) is 12.1 Å². The minimum atomic E-state index is -4.31. The fourth-order valence-electron chi connectivity index (χ4n) is 1.98. The van der Waals surface area contributed by atoms with Crippen molar-refractivity contribution in [1.29, 1.82) is 0 Å². The molecule has 2 N–H and O–H groups in total. The smallest absolute Gasteiger partial charge is 0.416 e. The number of halogens is 3. The van der Waals surface area contributed by atoms with Gasteiger partial charge in [0.1, 0.15) is 6.10 Å². The molecule has 1 unspecified atom stereocenters. The lowest BCUT2D eigenvalue weighted by molar-refractivity contribution is -0.137. The van der Waals surface area contributed by atoms with Crippen molar-refractivity contribution in [3.8, 4) is 0 Å². The van der Waals surface area contributed by atoms with E-state index in [0.717, 1.165) is 12.1 Å². The second-order valence-corrected chi connectivity index (χ2v) is 4.42. The first-order valence-electron chi connectivity index (χ1n) is 6.05. The average Bonchev–Trinajstić information content (AvgIpc) is 2.76. The minimum absolute atomic E-state index is 0.190. The van der Waals surface area contributed by atoms with Crippen LogP contribution in [-0.4, -0.2) is 25.1 Å². The fraction of sp³-hybridized carbons (Fsp3) is 0.462. The number of rotatable bonds is 4. The summed E-state index contributed by atoms with van der Waals surface area (Å²) in [6.45, 7) is 0.931. The number of nitrogens with zero attached hydrogens (tertiary/aromatic N) is 1. The van der Waals surface area contributed by atoms with Gasteiger partial charge in [-0.25, -0.2) is 0 Å². The summed E-state index contributed by atoms with van der Waals surface area (Å²) in [6.07, 6.45) is -3.51. The van der Waals surface area contributed by atoms with Crippen molar-refractivity contribution in [3.63, 3.8) is 0 Å². The maximum atomic E-state index is 12.6. The van der Waals surface area contributed by atoms with E-state index in [1.54, 1.807) is 6.07 Å². The Bertz CT molecular complexity index is 471. The van der Waals surface area contributed by atoms with Crippen LogP contribution in [0.2, 0.25) is 0 Å². The Balaban J connectivity index is 1.98. The molecule has 0 amide bonds. The molecule has 2 rings (SSSR count). The van der Waals surface area contributed by atoms with E-state index in [-0.39, 0.29) is 6.10 Å². The van der Waals surface area contributed by atoms with Crippen molar-refractivity contribution in [2.45, 2.75) is 25.1 Å². The van der Waals surface area contributed by atoms with Crippen LogP contribution in [0.1, 0.15) is 17.5 Å². The molecule has 0 saturated carbocycles. The molecule has 0 fully saturated rings. The standard InChI is InChI=1S/C13H15F3N2O/c14-13(15,16)10-3-1-2-9(6-10)7-11-8-18-12(19-11)4-5-17/h1-3,6,11H,4-5,7-8,17H2. The van der Waals surface area contributed by atoms with E-state index in [0.29, 0.717) is 37.4 Å². The number of aliphatic imine (C=N–C) groups is 1. The van der Waals surface area contributed by atoms with E-state index in [1.165, 1.54) is 6.07 Å². The van der Waals surface area contributed by atoms with E-state index in [4.69, 9.17) is 10.5 Å². The number of hydrogen-bond donors (Lipinski definition) is 1. The maximum Gasteiger partial charge on any atom is 0.416 e. The molecule has 0 bridgehead atoms. The fourth-order valence-corrected chi connectivity index (χ4v) is 1.98. The van der Waals surface area contributed by atoms with Gasteiger partial charge in [0.15, 0.2) is 5.90 Å². The van der Waals surface area contributed by atoms with Crippen LogP contribution in [0, 0.1) is 0 Å². The quantitative estimate of drug-likeness (QED) is 0.914. The summed E-state index contributed by atoms with van der Waals surface area (Å²) in [5, 5.41) is 0. The Morgan fingerprint density at radius 1 is 1.37 bits per heavy atom. The van der Waals surface area contributed by atoms with Gasteiger partial charge >= 0.3 is 6.18 Å². The zero-order valence-corrected chi connectivity index (χ0v) is 10.3. The molecule has 0 aliphatic carbocycles. The van der Waals surface area contributed by atoms with Crippen molar-refractivity contribution in [2.24, 2.45) is 10.7 Å². The predicted molar refractivity (Wildman–Crippen MR) is 66.0 cm³/mol. The summed E-state index contributed by atoms with van der Waals surface area (Å²) in [6, 6.07) is 5.30. The molecule has 6 heteroatoms. The first-order chi connectivity index (χ1) is 8.99. The number of ether oxygens (including phenoxy) is 1. The first-order valence-corrected chi connectivity index (χ1v) is 6.05. The molecule has 0 spiro atoms. The lowest BCUT2D eigenvalue weighted by atomic mass is 10.0. The minimum Gasteiger partial charge on any atom is -0.475 e. The lowest BCUT2D eigenvalue weighted by Crippen LogP contribution is -2.18. The molecule has 0 radical (unpaired) electrons.